The Labute approximate surface area is 118 Å². The first-order chi connectivity index (χ1) is 9.84. The van der Waals surface area contributed by atoms with Gasteiger partial charge in [0.05, 0.1) is 12.5 Å². The fraction of sp³-hybridized carbons (Fsp3) is 0.500. The summed E-state index contributed by atoms with van der Waals surface area (Å²) in [6, 6.07) is 0. The van der Waals surface area contributed by atoms with Crippen molar-refractivity contribution < 1.29 is 18.8 Å². The first-order valence-electron chi connectivity index (χ1n) is 5.91. The second-order valence-corrected chi connectivity index (χ2v) is 6.68. The van der Waals surface area contributed by atoms with Gasteiger partial charge >= 0.3 is 18.8 Å². The summed E-state index contributed by atoms with van der Waals surface area (Å²) in [6.07, 6.45) is 1.23. The van der Waals surface area contributed by atoms with Crippen molar-refractivity contribution in [3.05, 3.63) is 27.2 Å². The summed E-state index contributed by atoms with van der Waals surface area (Å²) >= 11 is 0. The molecule has 11 heteroatoms. The van der Waals surface area contributed by atoms with E-state index < -0.39 is 18.8 Å². The maximum Gasteiger partial charge on any atom is 0.366 e. The number of rotatable bonds is 5. The Morgan fingerprint density at radius 3 is 2.52 bits per heavy atom. The molecule has 0 atom stereocenters. The Bertz CT molecular complexity index is 826. The van der Waals surface area contributed by atoms with Crippen LogP contribution in [0.3, 0.4) is 0 Å². The molecule has 2 aromatic rings. The molecule has 1 N–H and O–H groups in total. The van der Waals surface area contributed by atoms with Crippen molar-refractivity contribution in [2.75, 3.05) is 20.4 Å². The van der Waals surface area contributed by atoms with Gasteiger partial charge in [0.15, 0.2) is 11.2 Å². The Morgan fingerprint density at radius 1 is 1.33 bits per heavy atom. The highest BCUT2D eigenvalue weighted by molar-refractivity contribution is 7.53. The summed E-state index contributed by atoms with van der Waals surface area (Å²) in [5.74, 6) is 0. The van der Waals surface area contributed by atoms with E-state index in [1.807, 2.05) is 0 Å². The van der Waals surface area contributed by atoms with Crippen LogP contribution < -0.4 is 11.2 Å². The Morgan fingerprint density at radius 2 is 1.95 bits per heavy atom. The second-order valence-electron chi connectivity index (χ2n) is 4.28. The van der Waals surface area contributed by atoms with Crippen LogP contribution in [-0.4, -0.2) is 44.4 Å². The molecule has 0 aromatic carbocycles. The Hall–Kier alpha value is -1.90. The van der Waals surface area contributed by atoms with E-state index in [0.29, 0.717) is 0 Å². The van der Waals surface area contributed by atoms with Crippen LogP contribution >= 0.6 is 7.60 Å². The van der Waals surface area contributed by atoms with Crippen molar-refractivity contribution in [1.82, 2.24) is 18.8 Å². The minimum atomic E-state index is -3.33. The van der Waals surface area contributed by atoms with Gasteiger partial charge in [-0.25, -0.2) is 9.78 Å². The number of hydrogen-bond acceptors (Lipinski definition) is 7. The standard InChI is InChI=1S/C10H15N4O6P/c1-12-6-11-8-7(12)9(15)14(17)10(16)13(8)4-5-21(18,19-2)20-3/h6,17H,4-5H2,1-3H3. The molecule has 0 amide bonds. The molecule has 0 fully saturated rings. The lowest BCUT2D eigenvalue weighted by atomic mass is 10.5. The highest BCUT2D eigenvalue weighted by Crippen LogP contribution is 2.46. The van der Waals surface area contributed by atoms with Gasteiger partial charge in [-0.3, -0.25) is 13.9 Å². The van der Waals surface area contributed by atoms with E-state index in [4.69, 9.17) is 9.05 Å². The monoisotopic (exact) mass is 318 g/mol. The van der Waals surface area contributed by atoms with Crippen LogP contribution in [0.25, 0.3) is 11.2 Å². The van der Waals surface area contributed by atoms with Crippen LogP contribution in [0, 0.1) is 0 Å². The molecule has 0 bridgehead atoms. The molecule has 116 valence electrons. The minimum absolute atomic E-state index is 0.00541. The lowest BCUT2D eigenvalue weighted by Gasteiger charge is -2.14. The highest BCUT2D eigenvalue weighted by atomic mass is 31.2. The van der Waals surface area contributed by atoms with Crippen LogP contribution in [0.2, 0.25) is 0 Å². The van der Waals surface area contributed by atoms with Crippen LogP contribution in [0.1, 0.15) is 0 Å². The van der Waals surface area contributed by atoms with Gasteiger partial charge in [0.2, 0.25) is 0 Å². The molecule has 2 aromatic heterocycles. The van der Waals surface area contributed by atoms with Crippen LogP contribution in [0.4, 0.5) is 0 Å². The van der Waals surface area contributed by atoms with Gasteiger partial charge < -0.3 is 18.8 Å². The van der Waals surface area contributed by atoms with E-state index in [-0.39, 0.29) is 28.6 Å². The smallest absolute Gasteiger partial charge is 0.366 e. The molecule has 0 saturated heterocycles. The van der Waals surface area contributed by atoms with Crippen molar-refractivity contribution in [3.8, 4) is 0 Å². The van der Waals surface area contributed by atoms with Crippen molar-refractivity contribution >= 4 is 18.8 Å². The third-order valence-electron chi connectivity index (χ3n) is 3.13. The van der Waals surface area contributed by atoms with E-state index in [1.165, 1.54) is 25.1 Å². The first-order valence-corrected chi connectivity index (χ1v) is 7.64. The molecule has 2 heterocycles. The summed E-state index contributed by atoms with van der Waals surface area (Å²) in [5.41, 5.74) is -1.68. The normalized spacial score (nSPS) is 12.1. The largest absolute Gasteiger partial charge is 0.421 e. The molecule has 10 nitrogen and oxygen atoms in total. The fourth-order valence-corrected chi connectivity index (χ4v) is 2.89. The SMILES string of the molecule is COP(=O)(CCn1c(=O)n(O)c(=O)c2c1ncn2C)OC. The molecule has 0 radical (unpaired) electrons. The topological polar surface area (TPSA) is 118 Å². The molecule has 0 unspecified atom stereocenters. The lowest BCUT2D eigenvalue weighted by molar-refractivity contribution is 0.157. The van der Waals surface area contributed by atoms with E-state index in [9.17, 15) is 19.4 Å². The van der Waals surface area contributed by atoms with E-state index in [2.05, 4.69) is 4.98 Å². The van der Waals surface area contributed by atoms with Crippen LogP contribution in [0.15, 0.2) is 15.9 Å². The molecule has 0 aliphatic heterocycles. The predicted octanol–water partition coefficient (Wildman–Crippen LogP) is -0.380. The molecule has 0 saturated carbocycles. The maximum absolute atomic E-state index is 12.0. The average molecular weight is 318 g/mol. The second kappa shape index (κ2) is 5.47. The van der Waals surface area contributed by atoms with Gasteiger partial charge in [-0.15, -0.1) is 0 Å². The van der Waals surface area contributed by atoms with Gasteiger partial charge in [0, 0.05) is 27.8 Å². The molecular formula is C10H15N4O6P. The van der Waals surface area contributed by atoms with Crippen molar-refractivity contribution in [1.29, 1.82) is 0 Å². The van der Waals surface area contributed by atoms with Crippen LogP contribution in [0.5, 0.6) is 0 Å². The zero-order chi connectivity index (χ0) is 15.8. The molecule has 0 aliphatic rings. The maximum atomic E-state index is 12.0. The average Bonchev–Trinajstić information content (AvgIpc) is 2.86. The van der Waals surface area contributed by atoms with Crippen molar-refractivity contribution in [3.63, 3.8) is 0 Å². The first kappa shape index (κ1) is 15.5. The Balaban J connectivity index is 2.57. The zero-order valence-electron chi connectivity index (χ0n) is 11.7. The zero-order valence-corrected chi connectivity index (χ0v) is 12.6. The number of nitrogens with zero attached hydrogens (tertiary/aromatic N) is 4. The summed E-state index contributed by atoms with van der Waals surface area (Å²) in [4.78, 5) is 27.8. The lowest BCUT2D eigenvalue weighted by Crippen LogP contribution is -2.39. The number of fused-ring (bicyclic) bond motifs is 1. The van der Waals surface area contributed by atoms with E-state index >= 15 is 0 Å². The number of aryl methyl sites for hydroxylation is 2. The molecule has 2 rings (SSSR count). The number of aromatic nitrogens is 4. The third-order valence-corrected chi connectivity index (χ3v) is 4.99. The molecule has 21 heavy (non-hydrogen) atoms. The van der Waals surface area contributed by atoms with Crippen LogP contribution in [-0.2, 0) is 27.2 Å². The summed E-state index contributed by atoms with van der Waals surface area (Å²) < 4.78 is 24.0. The minimum Gasteiger partial charge on any atom is -0.421 e. The fourth-order valence-electron chi connectivity index (χ4n) is 1.94. The summed E-state index contributed by atoms with van der Waals surface area (Å²) in [5, 5.41) is 9.57. The number of imidazole rings is 1. The van der Waals surface area contributed by atoms with Gasteiger partial charge in [-0.05, 0) is 0 Å². The van der Waals surface area contributed by atoms with Gasteiger partial charge in [-0.1, -0.05) is 4.73 Å². The predicted molar refractivity (Wildman–Crippen MR) is 72.9 cm³/mol. The molecule has 0 aliphatic carbocycles. The summed E-state index contributed by atoms with van der Waals surface area (Å²) in [7, 11) is 0.693. The van der Waals surface area contributed by atoms with Gasteiger partial charge in [0.25, 0.3) is 0 Å². The Kier molecular flexibility index (Phi) is 4.04. The molecular weight excluding hydrogens is 303 g/mol. The van der Waals surface area contributed by atoms with Crippen molar-refractivity contribution in [2.45, 2.75) is 6.54 Å². The number of hydrogen-bond donors (Lipinski definition) is 1. The van der Waals surface area contributed by atoms with Gasteiger partial charge in [0.1, 0.15) is 0 Å². The third kappa shape index (κ3) is 2.53. The van der Waals surface area contributed by atoms with E-state index in [0.717, 1.165) is 4.57 Å². The van der Waals surface area contributed by atoms with Gasteiger partial charge in [-0.2, -0.15) is 0 Å². The summed E-state index contributed by atoms with van der Waals surface area (Å²) in [6.45, 7) is -0.0911. The molecule has 0 spiro atoms. The van der Waals surface area contributed by atoms with E-state index in [1.54, 1.807) is 7.05 Å². The highest BCUT2D eigenvalue weighted by Gasteiger charge is 2.23. The van der Waals surface area contributed by atoms with Crippen molar-refractivity contribution in [2.24, 2.45) is 7.05 Å². The quantitative estimate of drug-likeness (QED) is 0.589.